The molecule has 1 fully saturated rings. The molecule has 0 aliphatic heterocycles. The molecule has 1 aliphatic rings. The molecule has 0 saturated heterocycles. The van der Waals surface area contributed by atoms with Crippen LogP contribution < -0.4 is 0 Å². The van der Waals surface area contributed by atoms with E-state index in [9.17, 15) is 0 Å². The van der Waals surface area contributed by atoms with Gasteiger partial charge in [-0.25, -0.2) is 4.98 Å². The third-order valence-electron chi connectivity index (χ3n) is 4.19. The Morgan fingerprint density at radius 3 is 2.80 bits per heavy atom. The van der Waals surface area contributed by atoms with Gasteiger partial charge in [0.2, 0.25) is 0 Å². The summed E-state index contributed by atoms with van der Waals surface area (Å²) in [5.74, 6) is 7.18. The van der Waals surface area contributed by atoms with E-state index < -0.39 is 0 Å². The van der Waals surface area contributed by atoms with E-state index in [0.29, 0.717) is 6.04 Å². The van der Waals surface area contributed by atoms with Gasteiger partial charge in [0.05, 0.1) is 5.69 Å². The van der Waals surface area contributed by atoms with Crippen LogP contribution in [0.4, 0.5) is 0 Å². The molecule has 0 amide bonds. The summed E-state index contributed by atoms with van der Waals surface area (Å²) in [7, 11) is 0. The van der Waals surface area contributed by atoms with Gasteiger partial charge in [-0.2, -0.15) is 0 Å². The molecule has 0 radical (unpaired) electrons. The summed E-state index contributed by atoms with van der Waals surface area (Å²) in [6.45, 7) is 2.36. The zero-order valence-corrected chi connectivity index (χ0v) is 11.9. The van der Waals surface area contributed by atoms with E-state index in [0.717, 1.165) is 17.3 Å². The second-order valence-electron chi connectivity index (χ2n) is 5.59. The molecule has 2 heterocycles. The number of nitrogens with zero attached hydrogens (tertiary/aromatic N) is 2. The van der Waals surface area contributed by atoms with Gasteiger partial charge in [0.15, 0.2) is 0 Å². The van der Waals surface area contributed by atoms with Crippen LogP contribution in [0.15, 0.2) is 42.7 Å². The van der Waals surface area contributed by atoms with Crippen LogP contribution in [0.3, 0.4) is 0 Å². The summed E-state index contributed by atoms with van der Waals surface area (Å²) < 4.78 is 2.36. The fourth-order valence-electron chi connectivity index (χ4n) is 3.06. The Labute approximate surface area is 120 Å². The molecular weight excluding hydrogens is 244 g/mol. The lowest BCUT2D eigenvalue weighted by atomic mass is 9.85. The smallest absolute Gasteiger partial charge is 0.113 e. The Morgan fingerprint density at radius 1 is 1.10 bits per heavy atom. The third-order valence-corrected chi connectivity index (χ3v) is 4.19. The van der Waals surface area contributed by atoms with E-state index in [1.165, 1.54) is 25.7 Å². The molecule has 2 nitrogen and oxygen atoms in total. The molecule has 0 N–H and O–H groups in total. The van der Waals surface area contributed by atoms with Crippen molar-refractivity contribution < 1.29 is 0 Å². The predicted octanol–water partition coefficient (Wildman–Crippen LogP) is 4.03. The highest BCUT2D eigenvalue weighted by molar-refractivity contribution is 5.37. The fraction of sp³-hybridized carbons (Fsp3) is 0.389. The second-order valence-corrected chi connectivity index (χ2v) is 5.59. The summed E-state index contributed by atoms with van der Waals surface area (Å²) in [6, 6.07) is 10.6. The molecule has 2 aromatic heterocycles. The minimum atomic E-state index is 0.604. The number of aromatic nitrogens is 2. The van der Waals surface area contributed by atoms with Crippen LogP contribution in [0.2, 0.25) is 0 Å². The lowest BCUT2D eigenvalue weighted by Crippen LogP contribution is -2.21. The normalized spacial score (nSPS) is 22.1. The van der Waals surface area contributed by atoms with Gasteiger partial charge in [-0.15, -0.1) is 0 Å². The molecule has 0 aromatic carbocycles. The van der Waals surface area contributed by atoms with Crippen molar-refractivity contribution in [2.75, 3.05) is 0 Å². The first-order valence-electron chi connectivity index (χ1n) is 7.44. The quantitative estimate of drug-likeness (QED) is 0.711. The Balaban J connectivity index is 1.85. The van der Waals surface area contributed by atoms with Gasteiger partial charge in [0.25, 0.3) is 0 Å². The molecule has 3 rings (SSSR count). The van der Waals surface area contributed by atoms with E-state index in [2.05, 4.69) is 46.6 Å². The second kappa shape index (κ2) is 5.96. The highest BCUT2D eigenvalue weighted by Gasteiger charge is 2.23. The molecule has 1 saturated carbocycles. The number of pyridine rings is 1. The van der Waals surface area contributed by atoms with Gasteiger partial charge >= 0.3 is 0 Å². The maximum Gasteiger partial charge on any atom is 0.113 e. The lowest BCUT2D eigenvalue weighted by molar-refractivity contribution is 0.256. The van der Waals surface area contributed by atoms with Crippen LogP contribution in [0.5, 0.6) is 0 Å². The summed E-state index contributed by atoms with van der Waals surface area (Å²) in [4.78, 5) is 4.25. The van der Waals surface area contributed by atoms with Crippen molar-refractivity contribution in [1.29, 1.82) is 0 Å². The average Bonchev–Trinajstić information content (AvgIpc) is 2.95. The van der Waals surface area contributed by atoms with Crippen LogP contribution in [0, 0.1) is 17.8 Å². The van der Waals surface area contributed by atoms with E-state index in [4.69, 9.17) is 0 Å². The first-order valence-corrected chi connectivity index (χ1v) is 7.44. The molecule has 20 heavy (non-hydrogen) atoms. The SMILES string of the molecule is C[C@@H]1CCCCC1n1cccc1C#Cc1ccccn1. The maximum atomic E-state index is 4.25. The van der Waals surface area contributed by atoms with Crippen molar-refractivity contribution in [3.05, 3.63) is 54.1 Å². The first-order chi connectivity index (χ1) is 9.84. The molecule has 0 bridgehead atoms. The molecular formula is C18H20N2. The van der Waals surface area contributed by atoms with Gasteiger partial charge in [-0.05, 0) is 54.9 Å². The van der Waals surface area contributed by atoms with Crippen molar-refractivity contribution in [3.63, 3.8) is 0 Å². The third kappa shape index (κ3) is 2.77. The standard InChI is InChI=1S/C18H20N2/c1-15-7-2-3-10-18(15)20-14-6-9-17(20)12-11-16-8-4-5-13-19-16/h4-6,8-9,13-15,18H,2-3,7,10H2,1H3/t15-,18?/m1/s1. The molecule has 2 aromatic rings. The summed E-state index contributed by atoms with van der Waals surface area (Å²) in [5, 5.41) is 0. The molecule has 2 atom stereocenters. The minimum absolute atomic E-state index is 0.604. The van der Waals surface area contributed by atoms with E-state index in [1.54, 1.807) is 6.20 Å². The summed E-state index contributed by atoms with van der Waals surface area (Å²) >= 11 is 0. The number of hydrogen-bond donors (Lipinski definition) is 0. The Bertz CT molecular complexity index is 616. The van der Waals surface area contributed by atoms with Gasteiger partial charge in [-0.3, -0.25) is 0 Å². The molecule has 2 heteroatoms. The highest BCUT2D eigenvalue weighted by atomic mass is 15.0. The zero-order valence-electron chi connectivity index (χ0n) is 11.9. The molecule has 1 unspecified atom stereocenters. The van der Waals surface area contributed by atoms with Crippen LogP contribution in [0.1, 0.15) is 50.0 Å². The first kappa shape index (κ1) is 13.0. The van der Waals surface area contributed by atoms with Crippen molar-refractivity contribution in [3.8, 4) is 11.8 Å². The van der Waals surface area contributed by atoms with Gasteiger partial charge in [0, 0.05) is 18.4 Å². The van der Waals surface area contributed by atoms with Crippen LogP contribution in [0.25, 0.3) is 0 Å². The Morgan fingerprint density at radius 2 is 2.00 bits per heavy atom. The largest absolute Gasteiger partial charge is 0.338 e. The predicted molar refractivity (Wildman–Crippen MR) is 81.3 cm³/mol. The van der Waals surface area contributed by atoms with Crippen LogP contribution >= 0.6 is 0 Å². The Kier molecular flexibility index (Phi) is 3.87. The number of rotatable bonds is 1. The summed E-state index contributed by atoms with van der Waals surface area (Å²) in [5.41, 5.74) is 1.94. The van der Waals surface area contributed by atoms with Crippen molar-refractivity contribution in [2.24, 2.45) is 5.92 Å². The van der Waals surface area contributed by atoms with Crippen molar-refractivity contribution >= 4 is 0 Å². The van der Waals surface area contributed by atoms with E-state index >= 15 is 0 Å². The van der Waals surface area contributed by atoms with E-state index in [1.807, 2.05) is 18.2 Å². The lowest BCUT2D eigenvalue weighted by Gasteiger charge is -2.30. The highest BCUT2D eigenvalue weighted by Crippen LogP contribution is 2.34. The zero-order chi connectivity index (χ0) is 13.8. The van der Waals surface area contributed by atoms with Gasteiger partial charge in [-0.1, -0.05) is 25.8 Å². The van der Waals surface area contributed by atoms with Crippen LogP contribution in [-0.4, -0.2) is 9.55 Å². The van der Waals surface area contributed by atoms with Crippen molar-refractivity contribution in [1.82, 2.24) is 9.55 Å². The van der Waals surface area contributed by atoms with Gasteiger partial charge in [0.1, 0.15) is 5.69 Å². The molecule has 0 spiro atoms. The topological polar surface area (TPSA) is 17.8 Å². The van der Waals surface area contributed by atoms with Crippen LogP contribution in [-0.2, 0) is 0 Å². The molecule has 102 valence electrons. The summed E-state index contributed by atoms with van der Waals surface area (Å²) in [6.07, 6.45) is 9.26. The van der Waals surface area contributed by atoms with Gasteiger partial charge < -0.3 is 4.57 Å². The Hall–Kier alpha value is -2.01. The van der Waals surface area contributed by atoms with Crippen molar-refractivity contribution in [2.45, 2.75) is 38.6 Å². The maximum absolute atomic E-state index is 4.25. The number of hydrogen-bond acceptors (Lipinski definition) is 1. The monoisotopic (exact) mass is 264 g/mol. The van der Waals surface area contributed by atoms with E-state index in [-0.39, 0.29) is 0 Å². The average molecular weight is 264 g/mol. The minimum Gasteiger partial charge on any atom is -0.338 e. The molecule has 1 aliphatic carbocycles. The fourth-order valence-corrected chi connectivity index (χ4v) is 3.06.